The number of nitrogens with zero attached hydrogens (tertiary/aromatic N) is 2. The average molecular weight is 278 g/mol. The van der Waals surface area contributed by atoms with Crippen molar-refractivity contribution in [2.75, 3.05) is 22.9 Å². The van der Waals surface area contributed by atoms with Gasteiger partial charge in [-0.15, -0.1) is 0 Å². The van der Waals surface area contributed by atoms with Gasteiger partial charge in [-0.2, -0.15) is 0 Å². The Morgan fingerprint density at radius 1 is 0.857 bits per heavy atom. The predicted molar refractivity (Wildman–Crippen MR) is 89.6 cm³/mol. The monoisotopic (exact) mass is 278 g/mol. The Hall–Kier alpha value is -1.96. The molecule has 0 unspecified atom stereocenters. The molecule has 3 rings (SSSR count). The molecule has 0 atom stereocenters. The van der Waals surface area contributed by atoms with Crippen LogP contribution in [-0.4, -0.2) is 13.1 Å². The van der Waals surface area contributed by atoms with Gasteiger partial charge in [-0.05, 0) is 50.5 Å². The molecule has 0 saturated carbocycles. The fourth-order valence-electron chi connectivity index (χ4n) is 3.19. The summed E-state index contributed by atoms with van der Waals surface area (Å²) in [4.78, 5) is 4.50. The number of para-hydroxylation sites is 1. The van der Waals surface area contributed by atoms with Gasteiger partial charge in [-0.1, -0.05) is 35.9 Å². The van der Waals surface area contributed by atoms with Crippen LogP contribution in [0.15, 0.2) is 42.5 Å². The van der Waals surface area contributed by atoms with Crippen molar-refractivity contribution in [1.82, 2.24) is 0 Å². The second-order valence-electron chi connectivity index (χ2n) is 5.84. The highest BCUT2D eigenvalue weighted by atomic mass is 15.3. The van der Waals surface area contributed by atoms with Gasteiger partial charge >= 0.3 is 0 Å². The third kappa shape index (κ3) is 2.90. The van der Waals surface area contributed by atoms with E-state index >= 15 is 0 Å². The maximum absolute atomic E-state index is 3.55. The average Bonchev–Trinajstić information content (AvgIpc) is 2.47. The summed E-state index contributed by atoms with van der Waals surface area (Å²) in [6.07, 6.45) is 1.15. The van der Waals surface area contributed by atoms with Gasteiger partial charge in [0.2, 0.25) is 6.67 Å². The molecule has 0 N–H and O–H groups in total. The smallest absolute Gasteiger partial charge is 0.208 e. The molecular weight excluding hydrogens is 256 g/mol. The van der Waals surface area contributed by atoms with Gasteiger partial charge in [-0.3, -0.25) is 0 Å². The fraction of sp³-hybridized carbons (Fsp3) is 0.316. The lowest BCUT2D eigenvalue weighted by Gasteiger charge is -2.37. The lowest BCUT2D eigenvalue weighted by molar-refractivity contribution is 0.672. The minimum atomic E-state index is 1.03. The minimum Gasteiger partial charge on any atom is -0.341 e. The van der Waals surface area contributed by atoms with E-state index in [1.165, 1.54) is 28.1 Å². The van der Waals surface area contributed by atoms with E-state index in [0.29, 0.717) is 0 Å². The zero-order valence-corrected chi connectivity index (χ0v) is 13.1. The molecule has 0 aromatic heterocycles. The van der Waals surface area contributed by atoms with E-state index in [-0.39, 0.29) is 0 Å². The Morgan fingerprint density at radius 2 is 1.48 bits per heavy atom. The van der Waals surface area contributed by atoms with Crippen LogP contribution in [0.4, 0.5) is 11.4 Å². The van der Waals surface area contributed by atoms with E-state index in [2.05, 4.69) is 79.7 Å². The Kier molecular flexibility index (Phi) is 3.87. The highest BCUT2D eigenvalue weighted by Crippen LogP contribution is 2.31. The molecule has 1 fully saturated rings. The van der Waals surface area contributed by atoms with Crippen LogP contribution in [0.25, 0.3) is 0 Å². The van der Waals surface area contributed by atoms with Gasteiger partial charge in [0.25, 0.3) is 0 Å². The molecule has 1 aliphatic rings. The van der Waals surface area contributed by atoms with Crippen LogP contribution in [0.3, 0.4) is 0 Å². The summed E-state index contributed by atoms with van der Waals surface area (Å²) in [6.45, 7) is 12.2. The molecule has 2 radical (unpaired) electrons. The summed E-state index contributed by atoms with van der Waals surface area (Å²) in [5.74, 6) is 0. The van der Waals surface area contributed by atoms with Crippen molar-refractivity contribution >= 4 is 11.4 Å². The molecule has 2 nitrogen and oxygen atoms in total. The van der Waals surface area contributed by atoms with Crippen LogP contribution in [0.5, 0.6) is 0 Å². The molecule has 1 heterocycles. The number of anilines is 2. The molecule has 0 spiro atoms. The molecule has 0 bridgehead atoms. The first kappa shape index (κ1) is 14.0. The van der Waals surface area contributed by atoms with Crippen molar-refractivity contribution in [2.45, 2.75) is 27.2 Å². The second-order valence-corrected chi connectivity index (χ2v) is 5.84. The summed E-state index contributed by atoms with van der Waals surface area (Å²) in [7, 11) is 0. The third-order valence-corrected chi connectivity index (χ3v) is 3.98. The van der Waals surface area contributed by atoms with Crippen molar-refractivity contribution in [3.05, 3.63) is 65.8 Å². The van der Waals surface area contributed by atoms with Crippen LogP contribution in [0.1, 0.15) is 23.1 Å². The van der Waals surface area contributed by atoms with E-state index in [4.69, 9.17) is 0 Å². The predicted octanol–water partition coefficient (Wildman–Crippen LogP) is 4.32. The summed E-state index contributed by atoms with van der Waals surface area (Å²) in [6, 6.07) is 15.0. The summed E-state index contributed by atoms with van der Waals surface area (Å²) >= 11 is 0. The van der Waals surface area contributed by atoms with Crippen LogP contribution < -0.4 is 9.80 Å². The van der Waals surface area contributed by atoms with Gasteiger partial charge in [0.15, 0.2) is 0 Å². The van der Waals surface area contributed by atoms with Crippen LogP contribution in [-0.2, 0) is 0 Å². The molecule has 1 aliphatic heterocycles. The van der Waals surface area contributed by atoms with Crippen molar-refractivity contribution in [1.29, 1.82) is 0 Å². The fourth-order valence-corrected chi connectivity index (χ4v) is 3.19. The first-order valence-corrected chi connectivity index (χ1v) is 7.59. The minimum absolute atomic E-state index is 1.03. The summed E-state index contributed by atoms with van der Waals surface area (Å²) < 4.78 is 0. The molecule has 2 heteroatoms. The van der Waals surface area contributed by atoms with Gasteiger partial charge < -0.3 is 9.80 Å². The van der Waals surface area contributed by atoms with Crippen LogP contribution in [0.2, 0.25) is 0 Å². The maximum Gasteiger partial charge on any atom is 0.208 e. The summed E-state index contributed by atoms with van der Waals surface area (Å²) in [5, 5.41) is 0. The molecular formula is C19H22N2. The Labute approximate surface area is 128 Å². The lowest BCUT2D eigenvalue weighted by atomic mass is 10.0. The zero-order chi connectivity index (χ0) is 14.8. The van der Waals surface area contributed by atoms with Crippen molar-refractivity contribution in [3.63, 3.8) is 0 Å². The largest absolute Gasteiger partial charge is 0.341 e. The molecule has 2 aromatic rings. The van der Waals surface area contributed by atoms with E-state index in [9.17, 15) is 0 Å². The van der Waals surface area contributed by atoms with Gasteiger partial charge in [-0.25, -0.2) is 0 Å². The molecule has 2 aromatic carbocycles. The SMILES string of the molecule is Cc1cc(C)c(N2[C]N(c3ccccc3)CCC2)c(C)c1. The van der Waals surface area contributed by atoms with Crippen molar-refractivity contribution in [3.8, 4) is 0 Å². The first-order chi connectivity index (χ1) is 10.1. The maximum atomic E-state index is 3.55. The van der Waals surface area contributed by atoms with Gasteiger partial charge in [0.1, 0.15) is 0 Å². The van der Waals surface area contributed by atoms with Gasteiger partial charge in [0, 0.05) is 24.5 Å². The first-order valence-electron chi connectivity index (χ1n) is 7.59. The standard InChI is InChI=1S/C19H22N2/c1-15-12-16(2)19(17(3)13-15)21-11-7-10-20(14-21)18-8-5-4-6-9-18/h4-6,8-9,12-13H,7,10-11H2,1-3H3. The van der Waals surface area contributed by atoms with Crippen LogP contribution in [0, 0.1) is 27.4 Å². The number of hydrogen-bond acceptors (Lipinski definition) is 2. The summed E-state index contributed by atoms with van der Waals surface area (Å²) in [5.41, 5.74) is 6.50. The number of hydrogen-bond donors (Lipinski definition) is 0. The topological polar surface area (TPSA) is 6.48 Å². The zero-order valence-electron chi connectivity index (χ0n) is 13.1. The van der Waals surface area contributed by atoms with E-state index < -0.39 is 0 Å². The number of benzene rings is 2. The van der Waals surface area contributed by atoms with E-state index in [1.807, 2.05) is 0 Å². The molecule has 0 aliphatic carbocycles. The Morgan fingerprint density at radius 3 is 2.14 bits per heavy atom. The molecule has 21 heavy (non-hydrogen) atoms. The highest BCUT2D eigenvalue weighted by molar-refractivity contribution is 5.64. The highest BCUT2D eigenvalue weighted by Gasteiger charge is 2.22. The normalized spacial score (nSPS) is 15.4. The third-order valence-electron chi connectivity index (χ3n) is 3.98. The Bertz CT molecular complexity index is 596. The van der Waals surface area contributed by atoms with Gasteiger partial charge in [0.05, 0.1) is 0 Å². The quantitative estimate of drug-likeness (QED) is 0.807. The van der Waals surface area contributed by atoms with Crippen LogP contribution >= 0.6 is 0 Å². The van der Waals surface area contributed by atoms with E-state index in [0.717, 1.165) is 19.5 Å². The number of rotatable bonds is 2. The second kappa shape index (κ2) is 5.80. The Balaban J connectivity index is 1.87. The van der Waals surface area contributed by atoms with Crippen molar-refractivity contribution in [2.24, 2.45) is 0 Å². The molecule has 108 valence electrons. The molecule has 1 saturated heterocycles. The van der Waals surface area contributed by atoms with E-state index in [1.54, 1.807) is 0 Å². The molecule has 0 amide bonds. The lowest BCUT2D eigenvalue weighted by Crippen LogP contribution is -2.41. The number of aryl methyl sites for hydroxylation is 3. The van der Waals surface area contributed by atoms with Crippen molar-refractivity contribution < 1.29 is 0 Å².